The van der Waals surface area contributed by atoms with Gasteiger partial charge in [0.25, 0.3) is 0 Å². The van der Waals surface area contributed by atoms with Crippen LogP contribution >= 0.6 is 0 Å². The maximum atomic E-state index is 14.4. The Morgan fingerprint density at radius 1 is 1.29 bits per heavy atom. The second-order valence-corrected chi connectivity index (χ2v) is 6.71. The molecular weight excluding hydrogens is 265 g/mol. The van der Waals surface area contributed by atoms with Gasteiger partial charge < -0.3 is 10.5 Å². The molecule has 0 bridgehead atoms. The molecule has 0 aromatic heterocycles. The smallest absolute Gasteiger partial charge is 0.168 e. The van der Waals surface area contributed by atoms with Crippen LogP contribution in [0.1, 0.15) is 38.7 Å². The molecule has 1 saturated carbocycles. The number of ether oxygens (including phenoxy) is 1. The fraction of sp³-hybridized carbons (Fsp3) is 0.667. The predicted molar refractivity (Wildman–Crippen MR) is 84.9 cm³/mol. The molecule has 1 aromatic rings. The quantitative estimate of drug-likeness (QED) is 0.889. The van der Waals surface area contributed by atoms with Crippen molar-refractivity contribution < 1.29 is 9.13 Å². The minimum absolute atomic E-state index is 0.206. The second-order valence-electron chi connectivity index (χ2n) is 6.71. The van der Waals surface area contributed by atoms with E-state index in [-0.39, 0.29) is 5.82 Å². The molecule has 118 valence electrons. The highest BCUT2D eigenvalue weighted by Crippen LogP contribution is 2.39. The van der Waals surface area contributed by atoms with E-state index < -0.39 is 0 Å². The first-order valence-electron chi connectivity index (χ1n) is 8.08. The number of nitrogens with two attached hydrogens (primary N) is 1. The van der Waals surface area contributed by atoms with Crippen molar-refractivity contribution in [3.05, 3.63) is 29.6 Å². The molecule has 2 nitrogen and oxygen atoms in total. The van der Waals surface area contributed by atoms with E-state index in [0.717, 1.165) is 24.3 Å². The van der Waals surface area contributed by atoms with E-state index in [0.29, 0.717) is 30.0 Å². The summed E-state index contributed by atoms with van der Waals surface area (Å²) in [5, 5.41) is 0. The lowest BCUT2D eigenvalue weighted by Gasteiger charge is -2.37. The van der Waals surface area contributed by atoms with E-state index in [1.54, 1.807) is 6.07 Å². The molecule has 0 aliphatic heterocycles. The van der Waals surface area contributed by atoms with Crippen LogP contribution in [-0.4, -0.2) is 13.7 Å². The highest BCUT2D eigenvalue weighted by atomic mass is 19.1. The number of hydrogen-bond acceptors (Lipinski definition) is 2. The van der Waals surface area contributed by atoms with Crippen molar-refractivity contribution in [3.8, 4) is 5.75 Å². The van der Waals surface area contributed by atoms with E-state index in [4.69, 9.17) is 10.5 Å². The van der Waals surface area contributed by atoms with E-state index in [1.807, 2.05) is 12.1 Å². The lowest BCUT2D eigenvalue weighted by Crippen LogP contribution is -2.33. The van der Waals surface area contributed by atoms with Crippen molar-refractivity contribution in [2.75, 3.05) is 13.7 Å². The summed E-state index contributed by atoms with van der Waals surface area (Å²) in [6.07, 6.45) is 4.37. The van der Waals surface area contributed by atoms with Gasteiger partial charge in [0.2, 0.25) is 0 Å². The average Bonchev–Trinajstić information content (AvgIpc) is 2.49. The number of halogens is 1. The highest BCUT2D eigenvalue weighted by molar-refractivity contribution is 5.31. The first-order valence-corrected chi connectivity index (χ1v) is 8.08. The van der Waals surface area contributed by atoms with Crippen LogP contribution in [0, 0.1) is 29.5 Å². The molecule has 0 spiro atoms. The first kappa shape index (κ1) is 16.3. The molecule has 3 atom stereocenters. The zero-order valence-electron chi connectivity index (χ0n) is 13.4. The van der Waals surface area contributed by atoms with Crippen LogP contribution in [0.25, 0.3) is 0 Å². The van der Waals surface area contributed by atoms with E-state index in [2.05, 4.69) is 13.8 Å². The van der Waals surface area contributed by atoms with Crippen molar-refractivity contribution in [1.82, 2.24) is 0 Å². The van der Waals surface area contributed by atoms with Crippen molar-refractivity contribution in [2.45, 2.75) is 39.5 Å². The molecular formula is C18H28FNO. The fourth-order valence-electron chi connectivity index (χ4n) is 3.68. The van der Waals surface area contributed by atoms with Crippen molar-refractivity contribution in [1.29, 1.82) is 0 Å². The van der Waals surface area contributed by atoms with Crippen LogP contribution < -0.4 is 10.5 Å². The molecule has 1 aliphatic carbocycles. The predicted octanol–water partition coefficient (Wildman–Crippen LogP) is 4.02. The third kappa shape index (κ3) is 3.76. The van der Waals surface area contributed by atoms with Gasteiger partial charge in [-0.25, -0.2) is 4.39 Å². The Morgan fingerprint density at radius 3 is 2.67 bits per heavy atom. The summed E-state index contributed by atoms with van der Waals surface area (Å²) in [5.74, 6) is 2.58. The molecule has 3 heteroatoms. The molecule has 21 heavy (non-hydrogen) atoms. The summed E-state index contributed by atoms with van der Waals surface area (Å²) in [4.78, 5) is 0. The SMILES string of the molecule is COc1cccc(CC2CC(C(C)C)CCC2CN)c1F. The Kier molecular flexibility index (Phi) is 5.63. The van der Waals surface area contributed by atoms with Crippen molar-refractivity contribution in [2.24, 2.45) is 29.4 Å². The topological polar surface area (TPSA) is 35.2 Å². The van der Waals surface area contributed by atoms with Gasteiger partial charge in [0.05, 0.1) is 7.11 Å². The fourth-order valence-corrected chi connectivity index (χ4v) is 3.68. The molecule has 1 fully saturated rings. The van der Waals surface area contributed by atoms with E-state index in [1.165, 1.54) is 20.0 Å². The summed E-state index contributed by atoms with van der Waals surface area (Å²) in [7, 11) is 1.51. The largest absolute Gasteiger partial charge is 0.494 e. The van der Waals surface area contributed by atoms with Gasteiger partial charge in [0.1, 0.15) is 0 Å². The van der Waals surface area contributed by atoms with Gasteiger partial charge in [-0.05, 0) is 67.5 Å². The second kappa shape index (κ2) is 7.26. The molecule has 0 saturated heterocycles. The van der Waals surface area contributed by atoms with Crippen LogP contribution in [0.15, 0.2) is 18.2 Å². The van der Waals surface area contributed by atoms with Crippen LogP contribution in [0.4, 0.5) is 4.39 Å². The maximum Gasteiger partial charge on any atom is 0.168 e. The number of hydrogen-bond donors (Lipinski definition) is 1. The maximum absolute atomic E-state index is 14.4. The minimum Gasteiger partial charge on any atom is -0.494 e. The highest BCUT2D eigenvalue weighted by Gasteiger charge is 2.31. The molecule has 2 rings (SSSR count). The van der Waals surface area contributed by atoms with Gasteiger partial charge >= 0.3 is 0 Å². The monoisotopic (exact) mass is 293 g/mol. The zero-order valence-corrected chi connectivity index (χ0v) is 13.4. The molecule has 0 amide bonds. The molecule has 1 aliphatic rings. The Labute approximate surface area is 127 Å². The third-order valence-corrected chi connectivity index (χ3v) is 5.17. The molecule has 2 N–H and O–H groups in total. The van der Waals surface area contributed by atoms with Gasteiger partial charge in [-0.3, -0.25) is 0 Å². The van der Waals surface area contributed by atoms with Crippen LogP contribution in [0.2, 0.25) is 0 Å². The van der Waals surface area contributed by atoms with Gasteiger partial charge in [0, 0.05) is 0 Å². The standard InChI is InChI=1S/C18H28FNO/c1-12(2)13-7-8-15(11-20)16(9-13)10-14-5-4-6-17(21-3)18(14)19/h4-6,12-13,15-16H,7-11,20H2,1-3H3. The minimum atomic E-state index is -0.206. The van der Waals surface area contributed by atoms with Crippen LogP contribution in [-0.2, 0) is 6.42 Å². The number of methoxy groups -OCH3 is 1. The third-order valence-electron chi connectivity index (χ3n) is 5.17. The van der Waals surface area contributed by atoms with Crippen LogP contribution in [0.5, 0.6) is 5.75 Å². The number of rotatable bonds is 5. The Morgan fingerprint density at radius 2 is 2.05 bits per heavy atom. The summed E-state index contributed by atoms with van der Waals surface area (Å²) < 4.78 is 19.4. The summed E-state index contributed by atoms with van der Waals surface area (Å²) in [6, 6.07) is 5.43. The van der Waals surface area contributed by atoms with Crippen LogP contribution in [0.3, 0.4) is 0 Å². The Bertz CT molecular complexity index is 461. The van der Waals surface area contributed by atoms with Gasteiger partial charge in [-0.15, -0.1) is 0 Å². The molecule has 3 unspecified atom stereocenters. The first-order chi connectivity index (χ1) is 10.1. The Hall–Kier alpha value is -1.09. The van der Waals surface area contributed by atoms with Gasteiger partial charge in [-0.1, -0.05) is 26.0 Å². The summed E-state index contributed by atoms with van der Waals surface area (Å²) >= 11 is 0. The summed E-state index contributed by atoms with van der Waals surface area (Å²) in [6.45, 7) is 5.29. The van der Waals surface area contributed by atoms with Gasteiger partial charge in [0.15, 0.2) is 11.6 Å². The summed E-state index contributed by atoms with van der Waals surface area (Å²) in [5.41, 5.74) is 6.71. The lowest BCUT2D eigenvalue weighted by atomic mass is 9.69. The molecule has 0 heterocycles. The Balaban J connectivity index is 2.15. The average molecular weight is 293 g/mol. The number of benzene rings is 1. The van der Waals surface area contributed by atoms with Crippen molar-refractivity contribution >= 4 is 0 Å². The lowest BCUT2D eigenvalue weighted by molar-refractivity contribution is 0.150. The zero-order chi connectivity index (χ0) is 15.4. The van der Waals surface area contributed by atoms with Crippen molar-refractivity contribution in [3.63, 3.8) is 0 Å². The molecule has 1 aromatic carbocycles. The molecule has 0 radical (unpaired) electrons. The normalized spacial score (nSPS) is 26.1. The van der Waals surface area contributed by atoms with Gasteiger partial charge in [-0.2, -0.15) is 0 Å². The van der Waals surface area contributed by atoms with E-state index >= 15 is 0 Å². The van der Waals surface area contributed by atoms with E-state index in [9.17, 15) is 4.39 Å².